The number of fused-ring (bicyclic) bond motifs is 1. The van der Waals surface area contributed by atoms with Crippen LogP contribution in [0.3, 0.4) is 0 Å². The Morgan fingerprint density at radius 2 is 1.76 bits per heavy atom. The molecule has 5 rings (SSSR count). The van der Waals surface area contributed by atoms with Gasteiger partial charge in [-0.1, -0.05) is 59.6 Å². The summed E-state index contributed by atoms with van der Waals surface area (Å²) in [7, 11) is 0. The van der Waals surface area contributed by atoms with E-state index in [1.54, 1.807) is 6.07 Å². The summed E-state index contributed by atoms with van der Waals surface area (Å²) in [5.74, 6) is 0.153. The van der Waals surface area contributed by atoms with Gasteiger partial charge in [0.1, 0.15) is 0 Å². The van der Waals surface area contributed by atoms with E-state index in [2.05, 4.69) is 52.0 Å². The van der Waals surface area contributed by atoms with Crippen LogP contribution < -0.4 is 0 Å². The van der Waals surface area contributed by atoms with E-state index in [1.165, 1.54) is 18.4 Å². The number of ether oxygens (including phenoxy) is 1. The van der Waals surface area contributed by atoms with Crippen molar-refractivity contribution in [3.8, 4) is 0 Å². The number of halogens is 2. The fourth-order valence-corrected chi connectivity index (χ4v) is 6.39. The van der Waals surface area contributed by atoms with Gasteiger partial charge in [0.25, 0.3) is 0 Å². The molecule has 3 aliphatic heterocycles. The first-order chi connectivity index (χ1) is 16.5. The minimum Gasteiger partial charge on any atom is -0.378 e. The Labute approximate surface area is 212 Å². The molecule has 3 aliphatic rings. The van der Waals surface area contributed by atoms with Crippen molar-refractivity contribution in [3.05, 3.63) is 69.7 Å². The van der Waals surface area contributed by atoms with E-state index >= 15 is 0 Å². The molecule has 3 fully saturated rings. The summed E-state index contributed by atoms with van der Waals surface area (Å²) < 4.78 is 6.26. The van der Waals surface area contributed by atoms with Gasteiger partial charge in [-0.25, -0.2) is 0 Å². The minimum absolute atomic E-state index is 0.0760. The highest BCUT2D eigenvalue weighted by Gasteiger charge is 2.54. The van der Waals surface area contributed by atoms with Crippen LogP contribution in [-0.4, -0.2) is 77.6 Å². The van der Waals surface area contributed by atoms with Crippen LogP contribution >= 0.6 is 23.2 Å². The monoisotopic (exact) mass is 501 g/mol. The number of benzene rings is 2. The molecule has 34 heavy (non-hydrogen) atoms. The molecule has 3 saturated heterocycles. The first-order valence-electron chi connectivity index (χ1n) is 12.3. The molecule has 0 spiro atoms. The highest BCUT2D eigenvalue weighted by atomic mass is 35.5. The number of hydrogen-bond donors (Lipinski definition) is 0. The summed E-state index contributed by atoms with van der Waals surface area (Å²) in [6, 6.07) is 16.4. The van der Waals surface area contributed by atoms with Crippen LogP contribution in [0.15, 0.2) is 48.5 Å². The van der Waals surface area contributed by atoms with Crippen molar-refractivity contribution in [2.24, 2.45) is 0 Å². The second-order valence-electron chi connectivity index (χ2n) is 10.0. The third-order valence-corrected chi connectivity index (χ3v) is 8.58. The Morgan fingerprint density at radius 1 is 1.00 bits per heavy atom. The first kappa shape index (κ1) is 24.1. The Morgan fingerprint density at radius 3 is 2.50 bits per heavy atom. The molecule has 0 saturated carbocycles. The van der Waals surface area contributed by atoms with Gasteiger partial charge >= 0.3 is 0 Å². The molecule has 3 atom stereocenters. The standard InChI is InChI=1S/C27H33Cl2N3O2/c1-27-19-34-18-24(30-11-5-6-12-30)26(27)32(14-13-31(27)17-20-7-3-2-4-8-20)25(33)16-21-9-10-22(28)23(29)15-21/h2-4,7-10,15,24,26H,5-6,11-14,16-19H2,1H3/t24?,26-,27?/m1/s1. The molecule has 3 heterocycles. The van der Waals surface area contributed by atoms with Gasteiger partial charge in [-0.05, 0) is 56.1 Å². The van der Waals surface area contributed by atoms with Crippen molar-refractivity contribution in [1.29, 1.82) is 0 Å². The highest BCUT2D eigenvalue weighted by molar-refractivity contribution is 6.42. The van der Waals surface area contributed by atoms with Crippen molar-refractivity contribution in [1.82, 2.24) is 14.7 Å². The predicted molar refractivity (Wildman–Crippen MR) is 136 cm³/mol. The van der Waals surface area contributed by atoms with Crippen molar-refractivity contribution >= 4 is 29.1 Å². The van der Waals surface area contributed by atoms with Crippen LogP contribution in [0.5, 0.6) is 0 Å². The van der Waals surface area contributed by atoms with Crippen molar-refractivity contribution in [2.75, 3.05) is 39.4 Å². The maximum absolute atomic E-state index is 13.8. The lowest BCUT2D eigenvalue weighted by Crippen LogP contribution is -2.77. The van der Waals surface area contributed by atoms with E-state index < -0.39 is 0 Å². The molecule has 1 amide bonds. The lowest BCUT2D eigenvalue weighted by Gasteiger charge is -2.60. The van der Waals surface area contributed by atoms with Crippen molar-refractivity contribution < 1.29 is 9.53 Å². The Hall–Kier alpha value is -1.63. The molecule has 0 aromatic heterocycles. The van der Waals surface area contributed by atoms with Gasteiger partial charge in [0.05, 0.1) is 47.3 Å². The normalized spacial score (nSPS) is 28.1. The molecule has 5 nitrogen and oxygen atoms in total. The number of likely N-dealkylation sites (tertiary alicyclic amines) is 1. The van der Waals surface area contributed by atoms with E-state index in [-0.39, 0.29) is 23.5 Å². The molecule has 0 aliphatic carbocycles. The molecular formula is C27H33Cl2N3O2. The summed E-state index contributed by atoms with van der Waals surface area (Å²) in [5, 5.41) is 1.00. The second-order valence-corrected chi connectivity index (χ2v) is 10.9. The average molecular weight is 502 g/mol. The van der Waals surface area contributed by atoms with E-state index in [4.69, 9.17) is 27.9 Å². The topological polar surface area (TPSA) is 36.0 Å². The zero-order valence-electron chi connectivity index (χ0n) is 19.8. The van der Waals surface area contributed by atoms with Gasteiger partial charge in [-0.3, -0.25) is 14.6 Å². The lowest BCUT2D eigenvalue weighted by molar-refractivity contribution is -0.174. The third kappa shape index (κ3) is 4.74. The Bertz CT molecular complexity index is 1010. The summed E-state index contributed by atoms with van der Waals surface area (Å²) in [6.07, 6.45) is 2.76. The molecule has 0 radical (unpaired) electrons. The zero-order chi connectivity index (χ0) is 23.7. The quantitative estimate of drug-likeness (QED) is 0.604. The number of carbonyl (C=O) groups excluding carboxylic acids is 1. The van der Waals surface area contributed by atoms with Gasteiger partial charge in [-0.2, -0.15) is 0 Å². The fourth-order valence-electron chi connectivity index (χ4n) is 6.07. The van der Waals surface area contributed by atoms with E-state index in [0.717, 1.165) is 38.3 Å². The maximum Gasteiger partial charge on any atom is 0.227 e. The van der Waals surface area contributed by atoms with Gasteiger partial charge in [0.2, 0.25) is 5.91 Å². The molecule has 2 unspecified atom stereocenters. The number of hydrogen-bond acceptors (Lipinski definition) is 4. The van der Waals surface area contributed by atoms with Crippen molar-refractivity contribution in [3.63, 3.8) is 0 Å². The van der Waals surface area contributed by atoms with Crippen LogP contribution in [0.25, 0.3) is 0 Å². The van der Waals surface area contributed by atoms with Gasteiger partial charge in [0.15, 0.2) is 0 Å². The molecule has 2 aromatic rings. The highest BCUT2D eigenvalue weighted by Crippen LogP contribution is 2.38. The van der Waals surface area contributed by atoms with Crippen LogP contribution in [0, 0.1) is 0 Å². The van der Waals surface area contributed by atoms with Crippen LogP contribution in [0.2, 0.25) is 10.0 Å². The minimum atomic E-state index is -0.257. The molecule has 0 N–H and O–H groups in total. The maximum atomic E-state index is 13.8. The summed E-state index contributed by atoms with van der Waals surface area (Å²) in [4.78, 5) is 21.0. The summed E-state index contributed by atoms with van der Waals surface area (Å²) >= 11 is 12.3. The average Bonchev–Trinajstić information content (AvgIpc) is 3.37. The van der Waals surface area contributed by atoms with E-state index in [1.807, 2.05) is 12.1 Å². The smallest absolute Gasteiger partial charge is 0.227 e. The largest absolute Gasteiger partial charge is 0.378 e. The van der Waals surface area contributed by atoms with Crippen LogP contribution in [0.1, 0.15) is 30.9 Å². The third-order valence-electron chi connectivity index (χ3n) is 7.84. The van der Waals surface area contributed by atoms with Crippen LogP contribution in [0.4, 0.5) is 0 Å². The molecule has 2 aromatic carbocycles. The Kier molecular flexibility index (Phi) is 7.19. The number of nitrogens with zero attached hydrogens (tertiary/aromatic N) is 3. The first-order valence-corrected chi connectivity index (χ1v) is 13.1. The lowest BCUT2D eigenvalue weighted by atomic mass is 9.79. The molecular weight excluding hydrogens is 469 g/mol. The number of rotatable bonds is 5. The summed E-state index contributed by atoms with van der Waals surface area (Å²) in [5.41, 5.74) is 1.94. The summed E-state index contributed by atoms with van der Waals surface area (Å²) in [6.45, 7) is 8.16. The second kappa shape index (κ2) is 10.2. The van der Waals surface area contributed by atoms with Crippen LogP contribution in [-0.2, 0) is 22.5 Å². The predicted octanol–water partition coefficient (Wildman–Crippen LogP) is 4.50. The van der Waals surface area contributed by atoms with Crippen molar-refractivity contribution in [2.45, 2.75) is 50.4 Å². The number of carbonyl (C=O) groups is 1. The molecule has 7 heteroatoms. The van der Waals surface area contributed by atoms with E-state index in [0.29, 0.717) is 29.7 Å². The van der Waals surface area contributed by atoms with Gasteiger partial charge in [-0.15, -0.1) is 0 Å². The number of piperazine rings is 1. The molecule has 182 valence electrons. The van der Waals surface area contributed by atoms with E-state index in [9.17, 15) is 4.79 Å². The molecule has 0 bridgehead atoms. The SMILES string of the molecule is CC12COCC(N3CCCC3)[C@H]1N(C(=O)Cc1ccc(Cl)c(Cl)c1)CCN2Cc1ccccc1. The fraction of sp³-hybridized carbons (Fsp3) is 0.519. The van der Waals surface area contributed by atoms with Gasteiger partial charge < -0.3 is 9.64 Å². The Balaban J connectivity index is 1.44. The van der Waals surface area contributed by atoms with Gasteiger partial charge in [0, 0.05) is 19.6 Å². The number of amides is 1. The zero-order valence-corrected chi connectivity index (χ0v) is 21.3.